The van der Waals surface area contributed by atoms with Crippen LogP contribution in [0.15, 0.2) is 0 Å². The zero-order valence-corrected chi connectivity index (χ0v) is 30.5. The molecule has 0 spiro atoms. The Kier molecular flexibility index (Phi) is 25.9. The molecule has 0 nitrogen and oxygen atoms in total. The van der Waals surface area contributed by atoms with Crippen molar-refractivity contribution in [2.45, 2.75) is 179 Å². The molecule has 0 aromatic heterocycles. The molecule has 0 heterocycles. The molecular formula is C31H41F26-3. The Labute approximate surface area is 311 Å². The molecule has 0 aliphatic heterocycles. The van der Waals surface area contributed by atoms with E-state index < -0.39 is 130 Å². The number of hydrogen-bond acceptors (Lipinski definition) is 0. The minimum absolute atomic E-state index is 0.125. The molecule has 0 rings (SSSR count). The van der Waals surface area contributed by atoms with Crippen LogP contribution in [0.1, 0.15) is 118 Å². The maximum absolute atomic E-state index is 13.3. The SMILES string of the molecule is CCC.CCCC[C-](CC(F)(F)CC(F)(F)F)CC(F)(F)CC(F)(F)F.CC[C-](CC(F)(F)F)CC(F)(F)F.C[C-](CC(F)(F)C(F)(F)F)CC(F)(F)C(F)(F)F. The van der Waals surface area contributed by atoms with Gasteiger partial charge in [-0.1, -0.05) is 59.8 Å². The first-order valence-electron chi connectivity index (χ1n) is 16.1. The third-order valence-corrected chi connectivity index (χ3v) is 6.10. The number of unbranched alkanes of at least 4 members (excludes halogenated alkanes) is 1. The van der Waals surface area contributed by atoms with Crippen molar-refractivity contribution >= 4 is 0 Å². The van der Waals surface area contributed by atoms with E-state index in [1.54, 1.807) is 6.92 Å². The molecule has 0 unspecified atom stereocenters. The molecular weight excluding hydrogens is 866 g/mol. The fourth-order valence-electron chi connectivity index (χ4n) is 4.01. The lowest BCUT2D eigenvalue weighted by Crippen LogP contribution is -2.41. The highest BCUT2D eigenvalue weighted by molar-refractivity contribution is 5.00. The molecule has 0 amide bonds. The van der Waals surface area contributed by atoms with Gasteiger partial charge in [0.2, 0.25) is 11.8 Å². The van der Waals surface area contributed by atoms with E-state index in [9.17, 15) is 114 Å². The maximum Gasteiger partial charge on any atom is 0.450 e. The minimum atomic E-state index is -6.00. The van der Waals surface area contributed by atoms with Crippen molar-refractivity contribution in [1.82, 2.24) is 0 Å². The molecule has 350 valence electrons. The van der Waals surface area contributed by atoms with Crippen LogP contribution < -0.4 is 0 Å². The second kappa shape index (κ2) is 23.8. The van der Waals surface area contributed by atoms with Crippen molar-refractivity contribution in [3.63, 3.8) is 0 Å². The van der Waals surface area contributed by atoms with E-state index >= 15 is 0 Å². The summed E-state index contributed by atoms with van der Waals surface area (Å²) in [5.74, 6) is -21.8. The number of halogens is 26. The summed E-state index contributed by atoms with van der Waals surface area (Å²) in [4.78, 5) is 0. The molecule has 0 aliphatic carbocycles. The van der Waals surface area contributed by atoms with Gasteiger partial charge in [-0.3, -0.25) is 5.92 Å². The van der Waals surface area contributed by atoms with Gasteiger partial charge in [0.1, 0.15) is 12.8 Å². The predicted molar refractivity (Wildman–Crippen MR) is 154 cm³/mol. The summed E-state index contributed by atoms with van der Waals surface area (Å²) in [5, 5.41) is 0. The summed E-state index contributed by atoms with van der Waals surface area (Å²) < 4.78 is 315. The fourth-order valence-corrected chi connectivity index (χ4v) is 4.01. The fraction of sp³-hybridized carbons (Fsp3) is 0.903. The maximum atomic E-state index is 13.3. The number of rotatable bonds is 16. The van der Waals surface area contributed by atoms with Gasteiger partial charge in [0, 0.05) is 0 Å². The number of hydrogen-bond donors (Lipinski definition) is 0. The van der Waals surface area contributed by atoms with Gasteiger partial charge < -0.3 is 11.8 Å². The summed E-state index contributed by atoms with van der Waals surface area (Å²) in [6.07, 6.45) is -45.8. The number of alkyl halides is 26. The Hall–Kier alpha value is -1.82. The third kappa shape index (κ3) is 35.8. The molecule has 0 saturated carbocycles. The third-order valence-electron chi connectivity index (χ3n) is 6.10. The predicted octanol–water partition coefficient (Wildman–Crippen LogP) is 16.8. The van der Waals surface area contributed by atoms with Crippen molar-refractivity contribution in [2.24, 2.45) is 0 Å². The van der Waals surface area contributed by atoms with Crippen molar-refractivity contribution in [3.05, 3.63) is 17.8 Å². The van der Waals surface area contributed by atoms with Crippen LogP contribution in [-0.4, -0.2) is 60.7 Å². The Morgan fingerprint density at radius 1 is 0.368 bits per heavy atom. The molecule has 0 bridgehead atoms. The van der Waals surface area contributed by atoms with Crippen molar-refractivity contribution in [3.8, 4) is 0 Å². The average Bonchev–Trinajstić information content (AvgIpc) is 2.85. The zero-order chi connectivity index (χ0) is 46.9. The molecule has 0 aromatic rings. The van der Waals surface area contributed by atoms with Crippen LogP contribution >= 0.6 is 0 Å². The Balaban J connectivity index is -0.000000369. The van der Waals surface area contributed by atoms with Crippen molar-refractivity contribution in [1.29, 1.82) is 0 Å². The van der Waals surface area contributed by atoms with E-state index in [4.69, 9.17) is 0 Å². The Morgan fingerprint density at radius 2 is 0.649 bits per heavy atom. The quantitative estimate of drug-likeness (QED) is 0.107. The van der Waals surface area contributed by atoms with E-state index in [2.05, 4.69) is 13.8 Å². The van der Waals surface area contributed by atoms with Gasteiger partial charge in [0.15, 0.2) is 0 Å². The molecule has 57 heavy (non-hydrogen) atoms. The van der Waals surface area contributed by atoms with Crippen LogP contribution in [0.25, 0.3) is 0 Å². The van der Waals surface area contributed by atoms with Gasteiger partial charge in [-0.25, -0.2) is 17.6 Å². The lowest BCUT2D eigenvalue weighted by Gasteiger charge is -2.37. The topological polar surface area (TPSA) is 0 Å². The molecule has 26 heteroatoms. The summed E-state index contributed by atoms with van der Waals surface area (Å²) >= 11 is 0. The molecule has 0 N–H and O–H groups in total. The highest BCUT2D eigenvalue weighted by Gasteiger charge is 2.58. The first kappa shape index (κ1) is 61.8. The molecule has 0 fully saturated rings. The van der Waals surface area contributed by atoms with Gasteiger partial charge in [-0.05, 0) is 0 Å². The first-order valence-corrected chi connectivity index (χ1v) is 16.1. The smallest absolute Gasteiger partial charge is 0.305 e. The van der Waals surface area contributed by atoms with Gasteiger partial charge in [0.25, 0.3) is 0 Å². The van der Waals surface area contributed by atoms with E-state index in [0.29, 0.717) is 13.3 Å². The first-order chi connectivity index (χ1) is 24.7. The van der Waals surface area contributed by atoms with Crippen molar-refractivity contribution < 1.29 is 114 Å². The summed E-state index contributed by atoms with van der Waals surface area (Å²) in [5.41, 5.74) is 0. The monoisotopic (exact) mass is 907 g/mol. The van der Waals surface area contributed by atoms with Crippen LogP contribution in [-0.2, 0) is 0 Å². The van der Waals surface area contributed by atoms with Crippen LogP contribution in [0.2, 0.25) is 0 Å². The molecule has 0 atom stereocenters. The Bertz CT molecular complexity index is 952. The van der Waals surface area contributed by atoms with E-state index in [1.165, 1.54) is 13.3 Å². The van der Waals surface area contributed by atoms with Gasteiger partial charge in [0.05, 0.1) is 0 Å². The van der Waals surface area contributed by atoms with Crippen LogP contribution in [0.4, 0.5) is 114 Å². The van der Waals surface area contributed by atoms with E-state index in [-0.39, 0.29) is 19.3 Å². The molecule has 0 radical (unpaired) electrons. The van der Waals surface area contributed by atoms with E-state index in [0.717, 1.165) is 0 Å². The highest BCUT2D eigenvalue weighted by atomic mass is 19.4. The standard InChI is InChI=1S/C13H17F10.C8H7F10.C7H9F6.C3H8/c1-2-3-4-9(5-10(14,15)7-12(18,19)20)6-11(16,17)8-13(21,22)23;1-4(2-5(9,10)7(13,14)15)3-6(11,12)8(16,17)18;1-2-5(3-6(8,9)10)4-7(11,12)13;1-3-2/h2-8H2,1H3;2-3H2,1H3;2-4H2,1H3;3H2,1-2H3/q3*-1;. The molecule has 0 aliphatic rings. The summed E-state index contributed by atoms with van der Waals surface area (Å²) in [6.45, 7) is 7.51. The average molecular weight is 908 g/mol. The highest BCUT2D eigenvalue weighted by Crippen LogP contribution is 2.47. The second-order valence-electron chi connectivity index (χ2n) is 12.6. The normalized spacial score (nSPS) is 14.2. The van der Waals surface area contributed by atoms with Crippen LogP contribution in [0.5, 0.6) is 0 Å². The van der Waals surface area contributed by atoms with Gasteiger partial charge in [-0.2, -0.15) is 116 Å². The van der Waals surface area contributed by atoms with Gasteiger partial charge in [-0.15, -0.1) is 25.7 Å². The lowest BCUT2D eigenvalue weighted by atomic mass is 9.87. The molecule has 0 aromatic carbocycles. The minimum Gasteiger partial charge on any atom is -0.305 e. The van der Waals surface area contributed by atoms with Crippen LogP contribution in [0.3, 0.4) is 0 Å². The zero-order valence-electron chi connectivity index (χ0n) is 30.5. The van der Waals surface area contributed by atoms with Crippen LogP contribution in [0, 0.1) is 17.8 Å². The van der Waals surface area contributed by atoms with Gasteiger partial charge >= 0.3 is 48.9 Å². The second-order valence-corrected chi connectivity index (χ2v) is 12.6. The largest absolute Gasteiger partial charge is 0.450 e. The van der Waals surface area contributed by atoms with Crippen molar-refractivity contribution in [2.75, 3.05) is 0 Å². The molecule has 0 saturated heterocycles. The van der Waals surface area contributed by atoms with E-state index in [1.807, 2.05) is 0 Å². The lowest BCUT2D eigenvalue weighted by molar-refractivity contribution is -0.291. The Morgan fingerprint density at radius 3 is 0.842 bits per heavy atom. The summed E-state index contributed by atoms with van der Waals surface area (Å²) in [6, 6.07) is 0. The summed E-state index contributed by atoms with van der Waals surface area (Å²) in [7, 11) is 0.